The molecule has 0 unspecified atom stereocenters. The summed E-state index contributed by atoms with van der Waals surface area (Å²) >= 11 is 0. The fourth-order valence-electron chi connectivity index (χ4n) is 3.01. The minimum Gasteiger partial charge on any atom is -0.822 e. The molecule has 0 saturated carbocycles. The first-order valence-electron chi connectivity index (χ1n) is 10.8. The standard InChI is InChI=1S/C20H42O.3K.H3O4P/c1-2-3-4-5-6-7-8-9-10-11-12-13-14-15-16-17-18-19-20-21;;;;1-5(2,3)4/h21H,2-20H2,1H3;;;;(H3,1,2,3,4)/q;3*+1;/p-3. The Bertz CT molecular complexity index is 282. The molecule has 9 heteroatoms. The van der Waals surface area contributed by atoms with Crippen molar-refractivity contribution in [2.75, 3.05) is 6.61 Å². The summed E-state index contributed by atoms with van der Waals surface area (Å²) in [7, 11) is -5.39. The second-order valence-corrected chi connectivity index (χ2v) is 8.08. The first kappa shape index (κ1) is 44.0. The predicted molar refractivity (Wildman–Crippen MR) is 103 cm³/mol. The minimum absolute atomic E-state index is 0. The van der Waals surface area contributed by atoms with Crippen LogP contribution in [-0.4, -0.2) is 11.7 Å². The molecule has 0 aromatic heterocycles. The Hall–Kier alpha value is 4.98. The van der Waals surface area contributed by atoms with Crippen LogP contribution in [0.3, 0.4) is 0 Å². The quantitative estimate of drug-likeness (QED) is 0.113. The smallest absolute Gasteiger partial charge is 0.822 e. The van der Waals surface area contributed by atoms with Crippen LogP contribution in [-0.2, 0) is 4.57 Å². The van der Waals surface area contributed by atoms with E-state index in [1.165, 1.54) is 109 Å². The van der Waals surface area contributed by atoms with E-state index in [9.17, 15) is 0 Å². The Morgan fingerprint density at radius 3 is 0.862 bits per heavy atom. The van der Waals surface area contributed by atoms with E-state index in [4.69, 9.17) is 24.4 Å². The molecule has 0 amide bonds. The summed E-state index contributed by atoms with van der Waals surface area (Å²) in [5, 5.41) is 8.69. The van der Waals surface area contributed by atoms with Gasteiger partial charge >= 0.3 is 154 Å². The second kappa shape index (κ2) is 37.5. The van der Waals surface area contributed by atoms with Gasteiger partial charge in [0.15, 0.2) is 0 Å². The van der Waals surface area contributed by atoms with Gasteiger partial charge in [-0.25, -0.2) is 0 Å². The maximum atomic E-state index is 8.69. The average molecular weight is 511 g/mol. The van der Waals surface area contributed by atoms with Crippen molar-refractivity contribution in [1.82, 2.24) is 0 Å². The van der Waals surface area contributed by atoms with Crippen molar-refractivity contribution in [3.8, 4) is 0 Å². The van der Waals surface area contributed by atoms with Gasteiger partial charge in [-0.05, 0) is 6.42 Å². The molecule has 0 aromatic carbocycles. The summed E-state index contributed by atoms with van der Waals surface area (Å²) in [6.07, 6.45) is 25.1. The summed E-state index contributed by atoms with van der Waals surface area (Å²) in [6, 6.07) is 0. The molecule has 160 valence electrons. The van der Waals surface area contributed by atoms with Gasteiger partial charge in [0, 0.05) is 6.61 Å². The van der Waals surface area contributed by atoms with Crippen LogP contribution in [0.25, 0.3) is 0 Å². The SMILES string of the molecule is CCCCCCCCCCCCCCCCCCCCO.O=P([O-])([O-])[O-].[K+].[K+].[K+]. The predicted octanol–water partition coefficient (Wildman–Crippen LogP) is -4.79. The Morgan fingerprint density at radius 1 is 0.517 bits per heavy atom. The van der Waals surface area contributed by atoms with Crippen LogP contribution in [0.15, 0.2) is 0 Å². The summed E-state index contributed by atoms with van der Waals surface area (Å²) in [6.45, 7) is 2.66. The van der Waals surface area contributed by atoms with Gasteiger partial charge in [-0.15, -0.1) is 0 Å². The van der Waals surface area contributed by atoms with E-state index in [1.807, 2.05) is 0 Å². The first-order chi connectivity index (χ1) is 12.4. The van der Waals surface area contributed by atoms with E-state index in [0.717, 1.165) is 6.42 Å². The van der Waals surface area contributed by atoms with Crippen LogP contribution >= 0.6 is 7.82 Å². The van der Waals surface area contributed by atoms with Crippen molar-refractivity contribution in [2.45, 2.75) is 122 Å². The van der Waals surface area contributed by atoms with Crippen LogP contribution < -0.4 is 169 Å². The molecule has 5 nitrogen and oxygen atoms in total. The number of unbranched alkanes of at least 4 members (excludes halogenated alkanes) is 17. The molecule has 0 aliphatic carbocycles. The molecule has 0 saturated heterocycles. The van der Waals surface area contributed by atoms with E-state index in [2.05, 4.69) is 6.92 Å². The molecular weight excluding hydrogens is 468 g/mol. The third-order valence-corrected chi connectivity index (χ3v) is 4.51. The van der Waals surface area contributed by atoms with E-state index < -0.39 is 7.82 Å². The molecule has 0 bridgehead atoms. The van der Waals surface area contributed by atoms with Gasteiger partial charge in [0.25, 0.3) is 0 Å². The first-order valence-corrected chi connectivity index (χ1v) is 12.2. The topological polar surface area (TPSA) is 106 Å². The van der Waals surface area contributed by atoms with Crippen LogP contribution in [0, 0.1) is 0 Å². The monoisotopic (exact) mass is 510 g/mol. The van der Waals surface area contributed by atoms with Gasteiger partial charge in [-0.3, -0.25) is 0 Å². The zero-order chi connectivity index (χ0) is 19.9. The van der Waals surface area contributed by atoms with Crippen molar-refractivity contribution in [3.63, 3.8) is 0 Å². The number of aliphatic hydroxyl groups excluding tert-OH is 1. The zero-order valence-corrected chi connectivity index (χ0v) is 30.2. The zero-order valence-electron chi connectivity index (χ0n) is 20.0. The van der Waals surface area contributed by atoms with E-state index >= 15 is 0 Å². The number of hydrogen-bond donors (Lipinski definition) is 1. The largest absolute Gasteiger partial charge is 1.00 e. The van der Waals surface area contributed by atoms with Crippen molar-refractivity contribution >= 4 is 7.82 Å². The van der Waals surface area contributed by atoms with Gasteiger partial charge in [0.2, 0.25) is 0 Å². The molecule has 0 atom stereocenters. The van der Waals surface area contributed by atoms with Crippen LogP contribution in [0.5, 0.6) is 0 Å². The summed E-state index contributed by atoms with van der Waals surface area (Å²) in [4.78, 5) is 25.6. The molecule has 0 heterocycles. The summed E-state index contributed by atoms with van der Waals surface area (Å²) in [5.74, 6) is 0. The fraction of sp³-hybridized carbons (Fsp3) is 1.00. The third kappa shape index (κ3) is 59.9. The molecule has 1 N–H and O–H groups in total. The van der Waals surface area contributed by atoms with Crippen molar-refractivity contribution in [1.29, 1.82) is 0 Å². The number of hydrogen-bond acceptors (Lipinski definition) is 5. The molecule has 0 aromatic rings. The number of rotatable bonds is 18. The molecule has 0 radical (unpaired) electrons. The van der Waals surface area contributed by atoms with Crippen LogP contribution in [0.2, 0.25) is 0 Å². The molecule has 0 aliphatic rings. The van der Waals surface area contributed by atoms with E-state index in [-0.39, 0.29) is 154 Å². The van der Waals surface area contributed by atoms with Gasteiger partial charge in [-0.1, -0.05) is 116 Å². The third-order valence-electron chi connectivity index (χ3n) is 4.51. The second-order valence-electron chi connectivity index (χ2n) is 7.18. The van der Waals surface area contributed by atoms with Gasteiger partial charge in [0.05, 0.1) is 0 Å². The minimum atomic E-state index is -5.39. The Labute approximate surface area is 308 Å². The number of aliphatic hydroxyl groups is 1. The van der Waals surface area contributed by atoms with Gasteiger partial charge in [0.1, 0.15) is 0 Å². The summed E-state index contributed by atoms with van der Waals surface area (Å²) < 4.78 is 8.55. The van der Waals surface area contributed by atoms with Crippen LogP contribution in [0.1, 0.15) is 122 Å². The maximum absolute atomic E-state index is 8.69. The molecule has 0 aliphatic heterocycles. The van der Waals surface area contributed by atoms with Gasteiger partial charge in [-0.2, -0.15) is 7.82 Å². The molecule has 29 heavy (non-hydrogen) atoms. The van der Waals surface area contributed by atoms with Crippen molar-refractivity contribution < 1.29 is 179 Å². The summed E-state index contributed by atoms with van der Waals surface area (Å²) in [5.41, 5.74) is 0. The molecule has 0 rings (SSSR count). The van der Waals surface area contributed by atoms with Gasteiger partial charge < -0.3 is 24.4 Å². The average Bonchev–Trinajstić information content (AvgIpc) is 2.56. The number of phosphoric acid groups is 1. The Balaban J connectivity index is -0.000000213. The van der Waals surface area contributed by atoms with Crippen molar-refractivity contribution in [2.24, 2.45) is 0 Å². The van der Waals surface area contributed by atoms with E-state index in [0.29, 0.717) is 6.61 Å². The van der Waals surface area contributed by atoms with Crippen LogP contribution in [0.4, 0.5) is 0 Å². The maximum Gasteiger partial charge on any atom is 1.00 e. The molecule has 0 spiro atoms. The Kier molecular flexibility index (Phi) is 56.9. The molecular formula is C20H42K3O5P. The van der Waals surface area contributed by atoms with E-state index in [1.54, 1.807) is 0 Å². The normalized spacial score (nSPS) is 10.1. The van der Waals surface area contributed by atoms with Crippen molar-refractivity contribution in [3.05, 3.63) is 0 Å². The Morgan fingerprint density at radius 2 is 0.690 bits per heavy atom. The molecule has 0 fully saturated rings. The fourth-order valence-corrected chi connectivity index (χ4v) is 3.01.